The monoisotopic (exact) mass is 397 g/mol. The summed E-state index contributed by atoms with van der Waals surface area (Å²) in [6.07, 6.45) is 3.87. The molecule has 0 unspecified atom stereocenters. The average molecular weight is 398 g/mol. The number of nitrogens with one attached hydrogen (secondary N) is 1. The maximum atomic E-state index is 12.5. The van der Waals surface area contributed by atoms with E-state index in [0.29, 0.717) is 17.7 Å². The van der Waals surface area contributed by atoms with Crippen molar-refractivity contribution in [2.24, 2.45) is 17.3 Å². The lowest BCUT2D eigenvalue weighted by atomic mass is 9.70. The van der Waals surface area contributed by atoms with Crippen LogP contribution < -0.4 is 11.1 Å². The predicted molar refractivity (Wildman–Crippen MR) is 113 cm³/mol. The van der Waals surface area contributed by atoms with Gasteiger partial charge in [0.25, 0.3) is 0 Å². The largest absolute Gasteiger partial charge is 0.457 e. The third kappa shape index (κ3) is 5.89. The first-order chi connectivity index (χ1) is 13.7. The zero-order valence-electron chi connectivity index (χ0n) is 17.7. The second kappa shape index (κ2) is 8.76. The molecule has 1 saturated carbocycles. The first-order valence-corrected chi connectivity index (χ1v) is 10.2. The molecule has 3 rings (SSSR count). The van der Waals surface area contributed by atoms with Crippen molar-refractivity contribution < 1.29 is 9.53 Å². The van der Waals surface area contributed by atoms with E-state index in [9.17, 15) is 4.79 Å². The zero-order valence-corrected chi connectivity index (χ0v) is 17.7. The van der Waals surface area contributed by atoms with Gasteiger partial charge in [-0.2, -0.15) is 15.0 Å². The molecule has 1 aliphatic rings. The van der Waals surface area contributed by atoms with Crippen molar-refractivity contribution in [3.05, 3.63) is 35.7 Å². The van der Waals surface area contributed by atoms with Gasteiger partial charge in [-0.05, 0) is 56.1 Å². The molecule has 0 aliphatic heterocycles. The lowest BCUT2D eigenvalue weighted by molar-refractivity contribution is -0.151. The van der Waals surface area contributed by atoms with Crippen LogP contribution in [0.25, 0.3) is 0 Å². The molecule has 29 heavy (non-hydrogen) atoms. The Kier molecular flexibility index (Phi) is 6.35. The summed E-state index contributed by atoms with van der Waals surface area (Å²) in [4.78, 5) is 25.0. The first-order valence-electron chi connectivity index (χ1n) is 10.2. The molecule has 1 aromatic carbocycles. The summed E-state index contributed by atoms with van der Waals surface area (Å²) in [5.74, 6) is 1.20. The van der Waals surface area contributed by atoms with Crippen LogP contribution in [0.5, 0.6) is 0 Å². The van der Waals surface area contributed by atoms with Gasteiger partial charge in [0.15, 0.2) is 12.4 Å². The number of esters is 1. The van der Waals surface area contributed by atoms with E-state index in [4.69, 9.17) is 10.5 Å². The summed E-state index contributed by atoms with van der Waals surface area (Å²) in [7, 11) is 0. The number of hydrogen-bond acceptors (Lipinski definition) is 7. The quantitative estimate of drug-likeness (QED) is 0.721. The third-order valence-corrected chi connectivity index (χ3v) is 5.64. The van der Waals surface area contributed by atoms with E-state index in [0.717, 1.165) is 36.9 Å². The predicted octanol–water partition coefficient (Wildman–Crippen LogP) is 4.40. The smallest absolute Gasteiger partial charge is 0.309 e. The topological polar surface area (TPSA) is 103 Å². The normalized spacial score (nSPS) is 19.6. The summed E-state index contributed by atoms with van der Waals surface area (Å²) in [5.41, 5.74) is 8.10. The van der Waals surface area contributed by atoms with Gasteiger partial charge in [0.1, 0.15) is 0 Å². The maximum absolute atomic E-state index is 12.5. The summed E-state index contributed by atoms with van der Waals surface area (Å²) < 4.78 is 5.49. The number of aryl methyl sites for hydroxylation is 1. The van der Waals surface area contributed by atoms with E-state index >= 15 is 0 Å². The number of rotatable bonds is 5. The van der Waals surface area contributed by atoms with E-state index in [2.05, 4.69) is 41.0 Å². The van der Waals surface area contributed by atoms with Gasteiger partial charge in [0, 0.05) is 5.69 Å². The minimum Gasteiger partial charge on any atom is -0.457 e. The second-order valence-electron chi connectivity index (χ2n) is 8.95. The van der Waals surface area contributed by atoms with Crippen LogP contribution in [0.4, 0.5) is 17.6 Å². The minimum absolute atomic E-state index is 0.00662. The Balaban J connectivity index is 1.56. The molecule has 156 valence electrons. The molecule has 0 bridgehead atoms. The van der Waals surface area contributed by atoms with Crippen molar-refractivity contribution in [1.82, 2.24) is 15.0 Å². The highest BCUT2D eigenvalue weighted by atomic mass is 16.5. The fourth-order valence-corrected chi connectivity index (χ4v) is 3.77. The van der Waals surface area contributed by atoms with Crippen LogP contribution in [0.15, 0.2) is 24.3 Å². The van der Waals surface area contributed by atoms with E-state index in [1.54, 1.807) is 0 Å². The highest BCUT2D eigenvalue weighted by molar-refractivity contribution is 5.72. The van der Waals surface area contributed by atoms with Gasteiger partial charge in [0.2, 0.25) is 11.9 Å². The zero-order chi connectivity index (χ0) is 21.0. The molecule has 0 radical (unpaired) electrons. The molecule has 7 heteroatoms. The van der Waals surface area contributed by atoms with E-state index < -0.39 is 0 Å². The van der Waals surface area contributed by atoms with Gasteiger partial charge in [0.05, 0.1) is 5.92 Å². The van der Waals surface area contributed by atoms with E-state index in [1.807, 2.05) is 31.2 Å². The van der Waals surface area contributed by atoms with Crippen molar-refractivity contribution in [3.63, 3.8) is 0 Å². The Morgan fingerprint density at radius 2 is 1.76 bits per heavy atom. The van der Waals surface area contributed by atoms with Crippen molar-refractivity contribution >= 4 is 23.6 Å². The average Bonchev–Trinajstić information content (AvgIpc) is 2.67. The third-order valence-electron chi connectivity index (χ3n) is 5.64. The van der Waals surface area contributed by atoms with Crippen molar-refractivity contribution in [3.8, 4) is 0 Å². The van der Waals surface area contributed by atoms with Crippen LogP contribution in [0.3, 0.4) is 0 Å². The number of carbonyl (C=O) groups is 1. The molecule has 2 aromatic rings. The van der Waals surface area contributed by atoms with Crippen LogP contribution in [0, 0.1) is 24.2 Å². The Bertz CT molecular complexity index is 837. The number of aromatic nitrogens is 3. The van der Waals surface area contributed by atoms with Crippen LogP contribution >= 0.6 is 0 Å². The molecule has 7 nitrogen and oxygen atoms in total. The fourth-order valence-electron chi connectivity index (χ4n) is 3.77. The summed E-state index contributed by atoms with van der Waals surface area (Å²) in [6.45, 7) is 8.82. The second-order valence-corrected chi connectivity index (χ2v) is 8.95. The highest BCUT2D eigenvalue weighted by Gasteiger charge is 2.33. The van der Waals surface area contributed by atoms with E-state index in [-0.39, 0.29) is 29.9 Å². The molecule has 0 spiro atoms. The van der Waals surface area contributed by atoms with Crippen molar-refractivity contribution in [1.29, 1.82) is 0 Å². The molecule has 3 N–H and O–H groups in total. The number of carbonyl (C=O) groups excluding carboxylic acids is 1. The first kappa shape index (κ1) is 21.0. The molecule has 0 atom stereocenters. The minimum atomic E-state index is -0.176. The lowest BCUT2D eigenvalue weighted by Crippen LogP contribution is -2.29. The summed E-state index contributed by atoms with van der Waals surface area (Å²) >= 11 is 0. The van der Waals surface area contributed by atoms with Gasteiger partial charge in [-0.1, -0.05) is 38.5 Å². The van der Waals surface area contributed by atoms with Crippen molar-refractivity contribution in [2.75, 3.05) is 11.1 Å². The number of anilines is 3. The van der Waals surface area contributed by atoms with Crippen LogP contribution in [0.1, 0.15) is 57.8 Å². The Morgan fingerprint density at radius 1 is 1.10 bits per heavy atom. The number of ether oxygens (including phenoxy) is 1. The number of benzene rings is 1. The van der Waals surface area contributed by atoms with Gasteiger partial charge in [-0.3, -0.25) is 4.79 Å². The molecule has 1 fully saturated rings. The number of hydrogen-bond donors (Lipinski definition) is 2. The standard InChI is InChI=1S/C22H31N5O2/c1-14-5-11-17(12-6-14)24-21-26-18(25-20(23)27-21)13-29-19(28)15-7-9-16(10-8-15)22(2,3)4/h5-6,11-12,15-16H,7-10,13H2,1-4H3,(H3,23,24,25,26,27). The Morgan fingerprint density at radius 3 is 2.38 bits per heavy atom. The SMILES string of the molecule is Cc1ccc(Nc2nc(N)nc(COC(=O)C3CCC(C(C)(C)C)CC3)n2)cc1. The molecular weight excluding hydrogens is 366 g/mol. The Hall–Kier alpha value is -2.70. The molecule has 1 aliphatic carbocycles. The summed E-state index contributed by atoms with van der Waals surface area (Å²) in [6, 6.07) is 7.85. The fraction of sp³-hybridized carbons (Fsp3) is 0.545. The molecule has 1 heterocycles. The number of nitrogens with zero attached hydrogens (tertiary/aromatic N) is 3. The van der Waals surface area contributed by atoms with Gasteiger partial charge in [-0.15, -0.1) is 0 Å². The van der Waals surface area contributed by atoms with Gasteiger partial charge < -0.3 is 15.8 Å². The lowest BCUT2D eigenvalue weighted by Gasteiger charge is -2.36. The molecule has 0 saturated heterocycles. The highest BCUT2D eigenvalue weighted by Crippen LogP contribution is 2.40. The molecular formula is C22H31N5O2. The van der Waals surface area contributed by atoms with E-state index in [1.165, 1.54) is 0 Å². The van der Waals surface area contributed by atoms with Crippen LogP contribution in [0.2, 0.25) is 0 Å². The maximum Gasteiger partial charge on any atom is 0.309 e. The summed E-state index contributed by atoms with van der Waals surface area (Å²) in [5, 5.41) is 3.10. The van der Waals surface area contributed by atoms with Crippen LogP contribution in [-0.4, -0.2) is 20.9 Å². The Labute approximate surface area is 172 Å². The van der Waals surface area contributed by atoms with Crippen molar-refractivity contribution in [2.45, 2.75) is 60.0 Å². The number of nitrogen functional groups attached to an aromatic ring is 1. The number of nitrogens with two attached hydrogens (primary N) is 1. The van der Waals surface area contributed by atoms with Gasteiger partial charge in [-0.25, -0.2) is 0 Å². The molecule has 1 aromatic heterocycles. The molecule has 0 amide bonds. The van der Waals surface area contributed by atoms with Gasteiger partial charge >= 0.3 is 5.97 Å². The van der Waals surface area contributed by atoms with Crippen LogP contribution in [-0.2, 0) is 16.1 Å².